The molecule has 2 aromatic carbocycles. The summed E-state index contributed by atoms with van der Waals surface area (Å²) in [6.45, 7) is 4.26. The van der Waals surface area contributed by atoms with Gasteiger partial charge in [0.2, 0.25) is 0 Å². The van der Waals surface area contributed by atoms with E-state index in [0.717, 1.165) is 49.4 Å². The van der Waals surface area contributed by atoms with E-state index in [-0.39, 0.29) is 29.9 Å². The number of hydrogen-bond acceptors (Lipinski definition) is 2. The van der Waals surface area contributed by atoms with E-state index in [4.69, 9.17) is 0 Å². The first-order valence-electron chi connectivity index (χ1n) is 10.6. The quantitative estimate of drug-likeness (QED) is 0.144. The van der Waals surface area contributed by atoms with Gasteiger partial charge in [-0.05, 0) is 42.2 Å². The fraction of sp³-hybridized carbons (Fsp3) is 0.333. The van der Waals surface area contributed by atoms with Crippen molar-refractivity contribution in [1.82, 2.24) is 20.9 Å². The summed E-state index contributed by atoms with van der Waals surface area (Å²) in [6.07, 6.45) is 5.05. The Morgan fingerprint density at radius 2 is 1.77 bits per heavy atom. The van der Waals surface area contributed by atoms with Crippen molar-refractivity contribution in [2.75, 3.05) is 20.1 Å². The van der Waals surface area contributed by atoms with E-state index in [2.05, 4.69) is 57.2 Å². The molecule has 0 saturated carbocycles. The normalized spacial score (nSPS) is 11.1. The van der Waals surface area contributed by atoms with Crippen LogP contribution in [0, 0.1) is 0 Å². The standard InChI is InChI=1S/C24H31N5O.HI/c1-3-4-14-26-23(30)19-11-9-18(10-12-19)16-29-24(25-2)27-15-13-20-17-28-22-8-6-5-7-21(20)22;/h5-12,17,28H,3-4,13-16H2,1-2H3,(H,26,30)(H2,25,27,29);1H. The minimum absolute atomic E-state index is 0. The highest BCUT2D eigenvalue weighted by molar-refractivity contribution is 14.0. The summed E-state index contributed by atoms with van der Waals surface area (Å²) in [5, 5.41) is 10.9. The minimum Gasteiger partial charge on any atom is -0.361 e. The highest BCUT2D eigenvalue weighted by Gasteiger charge is 2.06. The summed E-state index contributed by atoms with van der Waals surface area (Å²) in [6, 6.07) is 16.0. The number of nitrogens with zero attached hydrogens (tertiary/aromatic N) is 1. The summed E-state index contributed by atoms with van der Waals surface area (Å²) in [4.78, 5) is 19.7. The fourth-order valence-corrected chi connectivity index (χ4v) is 3.32. The maximum Gasteiger partial charge on any atom is 0.251 e. The number of aromatic nitrogens is 1. The zero-order valence-electron chi connectivity index (χ0n) is 18.2. The van der Waals surface area contributed by atoms with E-state index in [9.17, 15) is 4.79 Å². The molecular formula is C24H32IN5O. The molecular weight excluding hydrogens is 501 g/mol. The minimum atomic E-state index is -0.0160. The van der Waals surface area contributed by atoms with Gasteiger partial charge in [0.05, 0.1) is 0 Å². The Hall–Kier alpha value is -2.55. The number of rotatable bonds is 9. The van der Waals surface area contributed by atoms with Crippen LogP contribution in [-0.4, -0.2) is 37.0 Å². The van der Waals surface area contributed by atoms with Gasteiger partial charge in [0.25, 0.3) is 5.91 Å². The third-order valence-corrected chi connectivity index (χ3v) is 5.08. The van der Waals surface area contributed by atoms with Gasteiger partial charge in [0.1, 0.15) is 0 Å². The summed E-state index contributed by atoms with van der Waals surface area (Å²) in [5.41, 5.74) is 4.25. The molecule has 7 heteroatoms. The number of fused-ring (bicyclic) bond motifs is 1. The molecule has 0 saturated heterocycles. The van der Waals surface area contributed by atoms with Gasteiger partial charge in [-0.3, -0.25) is 9.79 Å². The van der Waals surface area contributed by atoms with E-state index >= 15 is 0 Å². The van der Waals surface area contributed by atoms with Gasteiger partial charge in [0, 0.05) is 49.3 Å². The van der Waals surface area contributed by atoms with E-state index in [1.54, 1.807) is 7.05 Å². The smallest absolute Gasteiger partial charge is 0.251 e. The number of nitrogens with one attached hydrogen (secondary N) is 4. The number of unbranched alkanes of at least 4 members (excludes halogenated alkanes) is 1. The van der Waals surface area contributed by atoms with E-state index in [0.29, 0.717) is 12.1 Å². The summed E-state index contributed by atoms with van der Waals surface area (Å²) in [7, 11) is 1.77. The fourth-order valence-electron chi connectivity index (χ4n) is 3.32. The SMILES string of the molecule is CCCCNC(=O)c1ccc(CNC(=NC)NCCc2c[nH]c3ccccc23)cc1.I. The second-order valence-corrected chi connectivity index (χ2v) is 7.27. The maximum atomic E-state index is 12.1. The molecule has 31 heavy (non-hydrogen) atoms. The molecule has 4 N–H and O–H groups in total. The lowest BCUT2D eigenvalue weighted by molar-refractivity contribution is 0.0953. The molecule has 0 atom stereocenters. The molecule has 3 rings (SSSR count). The molecule has 1 heterocycles. The van der Waals surface area contributed by atoms with Crippen LogP contribution < -0.4 is 16.0 Å². The predicted molar refractivity (Wildman–Crippen MR) is 139 cm³/mol. The van der Waals surface area contributed by atoms with Crippen LogP contribution in [0.3, 0.4) is 0 Å². The average molecular weight is 533 g/mol. The van der Waals surface area contributed by atoms with Crippen molar-refractivity contribution in [3.05, 3.63) is 71.4 Å². The zero-order valence-corrected chi connectivity index (χ0v) is 20.5. The van der Waals surface area contributed by atoms with E-state index < -0.39 is 0 Å². The molecule has 0 unspecified atom stereocenters. The van der Waals surface area contributed by atoms with Crippen molar-refractivity contribution >= 4 is 46.7 Å². The van der Waals surface area contributed by atoms with Crippen LogP contribution in [0.5, 0.6) is 0 Å². The number of carbonyl (C=O) groups is 1. The number of guanidine groups is 1. The lowest BCUT2D eigenvalue weighted by atomic mass is 10.1. The van der Waals surface area contributed by atoms with Crippen molar-refractivity contribution in [1.29, 1.82) is 0 Å². The number of carbonyl (C=O) groups excluding carboxylic acids is 1. The zero-order chi connectivity index (χ0) is 21.2. The third-order valence-electron chi connectivity index (χ3n) is 5.08. The Morgan fingerprint density at radius 1 is 1.00 bits per heavy atom. The lowest BCUT2D eigenvalue weighted by Crippen LogP contribution is -2.37. The van der Waals surface area contributed by atoms with Crippen LogP contribution in [0.15, 0.2) is 59.7 Å². The topological polar surface area (TPSA) is 81.3 Å². The van der Waals surface area contributed by atoms with Gasteiger partial charge in [-0.1, -0.05) is 43.7 Å². The molecule has 3 aromatic rings. The number of para-hydroxylation sites is 1. The van der Waals surface area contributed by atoms with E-state index in [1.807, 2.05) is 30.3 Å². The second-order valence-electron chi connectivity index (χ2n) is 7.27. The molecule has 1 amide bonds. The first-order valence-corrected chi connectivity index (χ1v) is 10.6. The number of aliphatic imine (C=N–C) groups is 1. The molecule has 0 fully saturated rings. The van der Waals surface area contributed by atoms with Crippen LogP contribution >= 0.6 is 24.0 Å². The van der Waals surface area contributed by atoms with Crippen LogP contribution in [0.2, 0.25) is 0 Å². The number of H-pyrrole nitrogens is 1. The Balaban J connectivity index is 0.00000341. The molecule has 166 valence electrons. The third kappa shape index (κ3) is 7.27. The molecule has 0 aliphatic carbocycles. The number of benzene rings is 2. The van der Waals surface area contributed by atoms with Crippen molar-refractivity contribution in [3.8, 4) is 0 Å². The van der Waals surface area contributed by atoms with Crippen molar-refractivity contribution in [2.45, 2.75) is 32.7 Å². The molecule has 0 spiro atoms. The highest BCUT2D eigenvalue weighted by Crippen LogP contribution is 2.17. The highest BCUT2D eigenvalue weighted by atomic mass is 127. The number of amides is 1. The number of halogens is 1. The first kappa shape index (κ1) is 24.7. The number of aromatic amines is 1. The first-order chi connectivity index (χ1) is 14.7. The Labute approximate surface area is 201 Å². The monoisotopic (exact) mass is 533 g/mol. The Bertz CT molecular complexity index is 981. The number of hydrogen-bond donors (Lipinski definition) is 4. The molecule has 0 radical (unpaired) electrons. The average Bonchev–Trinajstić information content (AvgIpc) is 3.19. The van der Waals surface area contributed by atoms with Crippen LogP contribution in [-0.2, 0) is 13.0 Å². The van der Waals surface area contributed by atoms with Crippen molar-refractivity contribution < 1.29 is 4.79 Å². The van der Waals surface area contributed by atoms with E-state index in [1.165, 1.54) is 10.9 Å². The Morgan fingerprint density at radius 3 is 2.52 bits per heavy atom. The van der Waals surface area contributed by atoms with Gasteiger partial charge < -0.3 is 20.9 Å². The van der Waals surface area contributed by atoms with Crippen LogP contribution in [0.1, 0.15) is 41.3 Å². The molecule has 1 aromatic heterocycles. The van der Waals surface area contributed by atoms with Gasteiger partial charge in [-0.2, -0.15) is 0 Å². The molecule has 0 aliphatic heterocycles. The molecule has 0 aliphatic rings. The Kier molecular flexibility index (Phi) is 10.4. The summed E-state index contributed by atoms with van der Waals surface area (Å²) in [5.74, 6) is 0.744. The van der Waals surface area contributed by atoms with Crippen molar-refractivity contribution in [3.63, 3.8) is 0 Å². The summed E-state index contributed by atoms with van der Waals surface area (Å²) < 4.78 is 0. The van der Waals surface area contributed by atoms with Crippen molar-refractivity contribution in [2.24, 2.45) is 4.99 Å². The molecule has 0 bridgehead atoms. The summed E-state index contributed by atoms with van der Waals surface area (Å²) >= 11 is 0. The predicted octanol–water partition coefficient (Wildman–Crippen LogP) is 4.22. The van der Waals surface area contributed by atoms with Crippen LogP contribution in [0.25, 0.3) is 10.9 Å². The van der Waals surface area contributed by atoms with Gasteiger partial charge in [-0.15, -0.1) is 24.0 Å². The molecule has 6 nitrogen and oxygen atoms in total. The van der Waals surface area contributed by atoms with Gasteiger partial charge in [0.15, 0.2) is 5.96 Å². The van der Waals surface area contributed by atoms with Crippen LogP contribution in [0.4, 0.5) is 0 Å². The second kappa shape index (κ2) is 13.0. The maximum absolute atomic E-state index is 12.1. The largest absolute Gasteiger partial charge is 0.361 e. The van der Waals surface area contributed by atoms with Gasteiger partial charge >= 0.3 is 0 Å². The van der Waals surface area contributed by atoms with Gasteiger partial charge in [-0.25, -0.2) is 0 Å². The lowest BCUT2D eigenvalue weighted by Gasteiger charge is -2.12.